The van der Waals surface area contributed by atoms with Gasteiger partial charge in [0.25, 0.3) is 0 Å². The van der Waals surface area contributed by atoms with E-state index in [0.29, 0.717) is 0 Å². The fourth-order valence-electron chi connectivity index (χ4n) is 4.39. The van der Waals surface area contributed by atoms with E-state index in [1.807, 2.05) is 19.9 Å². The third-order valence-electron chi connectivity index (χ3n) is 5.09. The van der Waals surface area contributed by atoms with Crippen LogP contribution >= 0.6 is 0 Å². The Balaban J connectivity index is 1.74. The third kappa shape index (κ3) is 1.54. The monoisotopic (exact) mass is 264 g/mol. The van der Waals surface area contributed by atoms with Crippen LogP contribution in [0.15, 0.2) is 24.3 Å². The van der Waals surface area contributed by atoms with Gasteiger partial charge in [0.05, 0.1) is 24.4 Å². The van der Waals surface area contributed by atoms with Crippen LogP contribution in [0.2, 0.25) is 0 Å². The largest absolute Gasteiger partial charge is 0.390 e. The van der Waals surface area contributed by atoms with Crippen molar-refractivity contribution in [3.05, 3.63) is 24.3 Å². The molecule has 4 heteroatoms. The van der Waals surface area contributed by atoms with Gasteiger partial charge in [-0.1, -0.05) is 24.3 Å². The van der Waals surface area contributed by atoms with Crippen LogP contribution in [0.25, 0.3) is 0 Å². The maximum Gasteiger partial charge on any atom is 0.163 e. The zero-order chi connectivity index (χ0) is 13.4. The summed E-state index contributed by atoms with van der Waals surface area (Å²) in [6.45, 7) is 3.88. The number of allylic oxidation sites excluding steroid dienone is 1. The molecule has 1 aliphatic heterocycles. The highest BCUT2D eigenvalue weighted by Gasteiger charge is 2.60. The average Bonchev–Trinajstić information content (AvgIpc) is 2.70. The number of aliphatic hydroxyl groups excluding tert-OH is 2. The molecule has 0 aromatic heterocycles. The van der Waals surface area contributed by atoms with Crippen molar-refractivity contribution in [2.45, 2.75) is 44.1 Å². The lowest BCUT2D eigenvalue weighted by molar-refractivity contribution is -0.149. The molecule has 5 aliphatic rings. The van der Waals surface area contributed by atoms with Gasteiger partial charge in [-0.25, -0.2) is 0 Å². The molecular weight excluding hydrogens is 244 g/mol. The molecule has 0 radical (unpaired) electrons. The summed E-state index contributed by atoms with van der Waals surface area (Å²) in [5, 5.41) is 20.2. The maximum atomic E-state index is 10.3. The Hall–Kier alpha value is -0.680. The van der Waals surface area contributed by atoms with Crippen molar-refractivity contribution in [1.82, 2.24) is 0 Å². The summed E-state index contributed by atoms with van der Waals surface area (Å²) < 4.78 is 12.1. The summed E-state index contributed by atoms with van der Waals surface area (Å²) in [7, 11) is 0. The van der Waals surface area contributed by atoms with E-state index >= 15 is 0 Å². The van der Waals surface area contributed by atoms with E-state index in [9.17, 15) is 10.2 Å². The molecule has 5 rings (SSSR count). The Morgan fingerprint density at radius 2 is 1.42 bits per heavy atom. The quantitative estimate of drug-likeness (QED) is 0.637. The minimum atomic E-state index is -0.761. The van der Waals surface area contributed by atoms with Crippen molar-refractivity contribution in [3.63, 3.8) is 0 Å². The van der Waals surface area contributed by atoms with Gasteiger partial charge in [0.15, 0.2) is 5.79 Å². The molecular formula is C15H20O4. The molecule has 1 saturated carbocycles. The van der Waals surface area contributed by atoms with Crippen molar-refractivity contribution >= 4 is 0 Å². The Bertz CT molecular complexity index is 455. The fraction of sp³-hybridized carbons (Fsp3) is 0.733. The van der Waals surface area contributed by atoms with Crippen molar-refractivity contribution in [2.75, 3.05) is 0 Å². The molecule has 4 nitrogen and oxygen atoms in total. The first kappa shape index (κ1) is 12.1. The highest BCUT2D eigenvalue weighted by Crippen LogP contribution is 2.54. The minimum Gasteiger partial charge on any atom is -0.390 e. The highest BCUT2D eigenvalue weighted by atomic mass is 16.8. The van der Waals surface area contributed by atoms with Gasteiger partial charge >= 0.3 is 0 Å². The van der Waals surface area contributed by atoms with Gasteiger partial charge in [-0.05, 0) is 19.8 Å². The number of hydrogen-bond donors (Lipinski definition) is 2. The molecule has 0 unspecified atom stereocenters. The van der Waals surface area contributed by atoms with Gasteiger partial charge in [0.2, 0.25) is 0 Å². The predicted octanol–water partition coefficient (Wildman–Crippen LogP) is 0.846. The zero-order valence-corrected chi connectivity index (χ0v) is 11.1. The molecule has 2 N–H and O–H groups in total. The van der Waals surface area contributed by atoms with E-state index in [0.717, 1.165) is 0 Å². The topological polar surface area (TPSA) is 58.9 Å². The molecule has 19 heavy (non-hydrogen) atoms. The minimum absolute atomic E-state index is 0.000370. The Morgan fingerprint density at radius 3 is 2.16 bits per heavy atom. The van der Waals surface area contributed by atoms with Gasteiger partial charge in [0, 0.05) is 17.8 Å². The van der Waals surface area contributed by atoms with Crippen molar-refractivity contribution < 1.29 is 19.7 Å². The smallest absolute Gasteiger partial charge is 0.163 e. The normalized spacial score (nSPS) is 57.1. The molecule has 104 valence electrons. The summed E-state index contributed by atoms with van der Waals surface area (Å²) in [5.41, 5.74) is 0. The van der Waals surface area contributed by atoms with Crippen molar-refractivity contribution in [1.29, 1.82) is 0 Å². The van der Waals surface area contributed by atoms with Crippen molar-refractivity contribution in [2.24, 2.45) is 23.7 Å². The van der Waals surface area contributed by atoms with Crippen LogP contribution in [-0.4, -0.2) is 40.4 Å². The van der Waals surface area contributed by atoms with E-state index in [2.05, 4.69) is 12.2 Å². The summed E-state index contributed by atoms with van der Waals surface area (Å²) in [5.74, 6) is 0.0796. The lowest BCUT2D eigenvalue weighted by Gasteiger charge is -2.52. The van der Waals surface area contributed by atoms with Crippen LogP contribution in [0.3, 0.4) is 0 Å². The number of ether oxygens (including phenoxy) is 2. The summed E-state index contributed by atoms with van der Waals surface area (Å²) in [6, 6.07) is 0. The van der Waals surface area contributed by atoms with Gasteiger partial charge in [-0.15, -0.1) is 0 Å². The Labute approximate surface area is 112 Å². The molecule has 1 heterocycles. The van der Waals surface area contributed by atoms with Crippen LogP contribution in [0, 0.1) is 23.7 Å². The molecule has 0 aromatic rings. The zero-order valence-electron chi connectivity index (χ0n) is 11.1. The average molecular weight is 264 g/mol. The predicted molar refractivity (Wildman–Crippen MR) is 68.1 cm³/mol. The SMILES string of the molecule is CC1(C)O[C@@H]2[C@@H]3C=C[C@H]([C@@H]2O1)[C@H]1[C@H](O)[C@H](O)C=C[C@@H]31. The Morgan fingerprint density at radius 1 is 0.842 bits per heavy atom. The number of rotatable bonds is 0. The second kappa shape index (κ2) is 3.70. The lowest BCUT2D eigenvalue weighted by atomic mass is 9.56. The first-order valence-electron chi connectivity index (χ1n) is 7.06. The van der Waals surface area contributed by atoms with Gasteiger partial charge in [-0.3, -0.25) is 0 Å². The van der Waals surface area contributed by atoms with E-state index in [-0.39, 0.29) is 35.9 Å². The second-order valence-electron chi connectivity index (χ2n) is 6.63. The van der Waals surface area contributed by atoms with E-state index in [1.54, 1.807) is 6.08 Å². The Kier molecular flexibility index (Phi) is 2.35. The molecule has 1 saturated heterocycles. The summed E-state index contributed by atoms with van der Waals surface area (Å²) >= 11 is 0. The number of aliphatic hydroxyl groups is 2. The van der Waals surface area contributed by atoms with Crippen LogP contribution < -0.4 is 0 Å². The van der Waals surface area contributed by atoms with Crippen LogP contribution in [-0.2, 0) is 9.47 Å². The number of hydrogen-bond acceptors (Lipinski definition) is 4. The van der Waals surface area contributed by atoms with E-state index in [4.69, 9.17) is 9.47 Å². The lowest BCUT2D eigenvalue weighted by Crippen LogP contribution is -2.58. The molecule has 4 aliphatic carbocycles. The van der Waals surface area contributed by atoms with Gasteiger partial charge in [0.1, 0.15) is 0 Å². The molecule has 0 spiro atoms. The van der Waals surface area contributed by atoms with E-state index < -0.39 is 18.0 Å². The van der Waals surface area contributed by atoms with Crippen LogP contribution in [0.4, 0.5) is 0 Å². The standard InChI is InChI=1S/C15H20O4/c1-15(2)18-13-8-3-4-9(14(13)19-15)11-7(8)5-6-10(16)12(11)17/h3-14,16-17H,1-2H3/t7-,8+,9-,10+,11-,12+,13+,14-/m0/s1. The first-order valence-corrected chi connectivity index (χ1v) is 7.06. The second-order valence-corrected chi connectivity index (χ2v) is 6.63. The van der Waals surface area contributed by atoms with Gasteiger partial charge in [-0.2, -0.15) is 0 Å². The van der Waals surface area contributed by atoms with Gasteiger partial charge < -0.3 is 19.7 Å². The van der Waals surface area contributed by atoms with E-state index in [1.165, 1.54) is 0 Å². The molecule has 8 atom stereocenters. The van der Waals surface area contributed by atoms with Crippen molar-refractivity contribution in [3.8, 4) is 0 Å². The molecule has 0 aromatic carbocycles. The molecule has 2 bridgehead atoms. The maximum absolute atomic E-state index is 10.3. The van der Waals surface area contributed by atoms with Crippen LogP contribution in [0.1, 0.15) is 13.8 Å². The summed E-state index contributed by atoms with van der Waals surface area (Å²) in [6.07, 6.45) is 6.71. The molecule has 0 amide bonds. The highest BCUT2D eigenvalue weighted by molar-refractivity contribution is 5.25. The first-order chi connectivity index (χ1) is 8.98. The third-order valence-corrected chi connectivity index (χ3v) is 5.09. The summed E-state index contributed by atoms with van der Waals surface area (Å²) in [4.78, 5) is 0. The fourth-order valence-corrected chi connectivity index (χ4v) is 4.39. The molecule has 2 fully saturated rings. The van der Waals surface area contributed by atoms with Crippen LogP contribution in [0.5, 0.6) is 0 Å².